The summed E-state index contributed by atoms with van der Waals surface area (Å²) in [7, 11) is 0. The van der Waals surface area contributed by atoms with Gasteiger partial charge >= 0.3 is 0 Å². The third-order valence-corrected chi connectivity index (χ3v) is 6.16. The van der Waals surface area contributed by atoms with Crippen LogP contribution < -0.4 is 0 Å². The zero-order valence-electron chi connectivity index (χ0n) is 12.1. The van der Waals surface area contributed by atoms with Gasteiger partial charge in [0.1, 0.15) is 0 Å². The molecule has 0 aliphatic heterocycles. The molecule has 0 bridgehead atoms. The van der Waals surface area contributed by atoms with E-state index >= 15 is 0 Å². The quantitative estimate of drug-likeness (QED) is 0.762. The number of hydrogen-bond donors (Lipinski definition) is 1. The molecule has 0 amide bonds. The van der Waals surface area contributed by atoms with Gasteiger partial charge in [0, 0.05) is 6.61 Å². The molecule has 17 heavy (non-hydrogen) atoms. The van der Waals surface area contributed by atoms with E-state index in [9.17, 15) is 5.11 Å². The SMILES string of the molecule is C[C@H]1CC[C@H]2C(C)(C)CCCC2(C)[C@H]1CCO. The minimum absolute atomic E-state index is 0.373. The molecule has 0 aromatic heterocycles. The van der Waals surface area contributed by atoms with Crippen molar-refractivity contribution in [3.8, 4) is 0 Å². The van der Waals surface area contributed by atoms with Crippen LogP contribution in [0.3, 0.4) is 0 Å². The minimum Gasteiger partial charge on any atom is -0.396 e. The molecule has 2 aliphatic carbocycles. The maximum Gasteiger partial charge on any atom is 0.0433 e. The predicted octanol–water partition coefficient (Wildman–Crippen LogP) is 4.25. The summed E-state index contributed by atoms with van der Waals surface area (Å²) in [5, 5.41) is 9.37. The molecule has 0 radical (unpaired) electrons. The molecule has 2 fully saturated rings. The largest absolute Gasteiger partial charge is 0.396 e. The van der Waals surface area contributed by atoms with Crippen molar-refractivity contribution in [2.24, 2.45) is 28.6 Å². The van der Waals surface area contributed by atoms with Crippen LogP contribution in [-0.2, 0) is 0 Å². The predicted molar refractivity (Wildman–Crippen MR) is 72.8 cm³/mol. The van der Waals surface area contributed by atoms with Gasteiger partial charge in [-0.25, -0.2) is 0 Å². The van der Waals surface area contributed by atoms with E-state index in [4.69, 9.17) is 0 Å². The van der Waals surface area contributed by atoms with Gasteiger partial charge in [0.25, 0.3) is 0 Å². The maximum absolute atomic E-state index is 9.37. The molecule has 0 spiro atoms. The van der Waals surface area contributed by atoms with E-state index in [2.05, 4.69) is 27.7 Å². The van der Waals surface area contributed by atoms with E-state index in [0.717, 1.165) is 24.2 Å². The highest BCUT2D eigenvalue weighted by atomic mass is 16.3. The molecule has 2 aliphatic rings. The summed E-state index contributed by atoms with van der Waals surface area (Å²) < 4.78 is 0. The van der Waals surface area contributed by atoms with E-state index in [-0.39, 0.29) is 0 Å². The zero-order chi connectivity index (χ0) is 12.7. The van der Waals surface area contributed by atoms with Gasteiger partial charge < -0.3 is 5.11 Å². The Morgan fingerprint density at radius 2 is 1.82 bits per heavy atom. The van der Waals surface area contributed by atoms with Crippen LogP contribution in [0.2, 0.25) is 0 Å². The molecular weight excluding hydrogens is 208 g/mol. The molecule has 2 saturated carbocycles. The molecular formula is C16H30O. The monoisotopic (exact) mass is 238 g/mol. The third-order valence-electron chi connectivity index (χ3n) is 6.16. The number of aliphatic hydroxyl groups excluding tert-OH is 1. The Hall–Kier alpha value is -0.0400. The smallest absolute Gasteiger partial charge is 0.0433 e. The second kappa shape index (κ2) is 4.57. The number of fused-ring (bicyclic) bond motifs is 1. The number of rotatable bonds is 2. The molecule has 0 heterocycles. The van der Waals surface area contributed by atoms with Gasteiger partial charge in [0.15, 0.2) is 0 Å². The van der Waals surface area contributed by atoms with Crippen LogP contribution in [0, 0.1) is 28.6 Å². The second-order valence-electron chi connectivity index (χ2n) is 7.57. The maximum atomic E-state index is 9.37. The zero-order valence-corrected chi connectivity index (χ0v) is 12.1. The fourth-order valence-electron chi connectivity index (χ4n) is 5.36. The summed E-state index contributed by atoms with van der Waals surface area (Å²) in [5.41, 5.74) is 1.00. The average molecular weight is 238 g/mol. The molecule has 1 unspecified atom stereocenters. The Kier molecular flexibility index (Phi) is 3.60. The van der Waals surface area contributed by atoms with E-state index in [1.165, 1.54) is 32.1 Å². The topological polar surface area (TPSA) is 20.2 Å². The number of aliphatic hydroxyl groups is 1. The van der Waals surface area contributed by atoms with Crippen molar-refractivity contribution >= 4 is 0 Å². The Labute approximate surface area is 107 Å². The van der Waals surface area contributed by atoms with Crippen LogP contribution in [0.1, 0.15) is 66.2 Å². The van der Waals surface area contributed by atoms with Crippen molar-refractivity contribution in [3.05, 3.63) is 0 Å². The van der Waals surface area contributed by atoms with E-state index in [1.807, 2.05) is 0 Å². The third kappa shape index (κ3) is 2.16. The first-order chi connectivity index (χ1) is 7.92. The van der Waals surface area contributed by atoms with Gasteiger partial charge in [-0.15, -0.1) is 0 Å². The lowest BCUT2D eigenvalue weighted by Crippen LogP contribution is -2.51. The van der Waals surface area contributed by atoms with Gasteiger partial charge in [-0.3, -0.25) is 0 Å². The Morgan fingerprint density at radius 1 is 1.12 bits per heavy atom. The van der Waals surface area contributed by atoms with Crippen molar-refractivity contribution in [3.63, 3.8) is 0 Å². The first-order valence-electron chi connectivity index (χ1n) is 7.52. The highest BCUT2D eigenvalue weighted by Gasteiger charge is 2.53. The van der Waals surface area contributed by atoms with Crippen LogP contribution in [0.5, 0.6) is 0 Å². The van der Waals surface area contributed by atoms with Crippen molar-refractivity contribution < 1.29 is 5.11 Å². The fourth-order valence-corrected chi connectivity index (χ4v) is 5.36. The van der Waals surface area contributed by atoms with E-state index in [0.29, 0.717) is 17.4 Å². The van der Waals surface area contributed by atoms with Gasteiger partial charge in [-0.2, -0.15) is 0 Å². The molecule has 1 heteroatoms. The Bertz CT molecular complexity index is 271. The minimum atomic E-state index is 0.373. The highest BCUT2D eigenvalue weighted by Crippen LogP contribution is 2.61. The fraction of sp³-hybridized carbons (Fsp3) is 1.00. The lowest BCUT2D eigenvalue weighted by atomic mass is 9.46. The molecule has 1 N–H and O–H groups in total. The summed E-state index contributed by atoms with van der Waals surface area (Å²) >= 11 is 0. The summed E-state index contributed by atoms with van der Waals surface area (Å²) in [6, 6.07) is 0. The van der Waals surface area contributed by atoms with E-state index in [1.54, 1.807) is 0 Å². The van der Waals surface area contributed by atoms with Crippen LogP contribution in [0.4, 0.5) is 0 Å². The second-order valence-corrected chi connectivity index (χ2v) is 7.57. The molecule has 0 saturated heterocycles. The van der Waals surface area contributed by atoms with Gasteiger partial charge in [0.2, 0.25) is 0 Å². The van der Waals surface area contributed by atoms with E-state index < -0.39 is 0 Å². The average Bonchev–Trinajstić information content (AvgIpc) is 2.22. The van der Waals surface area contributed by atoms with Crippen LogP contribution in [0.25, 0.3) is 0 Å². The Morgan fingerprint density at radius 3 is 2.47 bits per heavy atom. The van der Waals surface area contributed by atoms with Crippen molar-refractivity contribution in [2.45, 2.75) is 66.2 Å². The van der Waals surface area contributed by atoms with Gasteiger partial charge in [-0.1, -0.05) is 40.5 Å². The molecule has 100 valence electrons. The normalized spacial score (nSPS) is 45.4. The summed E-state index contributed by atoms with van der Waals surface area (Å²) in [5.74, 6) is 2.42. The molecule has 2 rings (SSSR count). The molecule has 4 atom stereocenters. The van der Waals surface area contributed by atoms with Crippen molar-refractivity contribution in [1.82, 2.24) is 0 Å². The van der Waals surface area contributed by atoms with Crippen LogP contribution in [0.15, 0.2) is 0 Å². The lowest BCUT2D eigenvalue weighted by Gasteiger charge is -2.59. The Balaban J connectivity index is 2.28. The van der Waals surface area contributed by atoms with Crippen LogP contribution >= 0.6 is 0 Å². The summed E-state index contributed by atoms with van der Waals surface area (Å²) in [4.78, 5) is 0. The van der Waals surface area contributed by atoms with Crippen molar-refractivity contribution in [2.75, 3.05) is 6.61 Å². The first-order valence-corrected chi connectivity index (χ1v) is 7.52. The van der Waals surface area contributed by atoms with Crippen LogP contribution in [-0.4, -0.2) is 11.7 Å². The standard InChI is InChI=1S/C16H30O/c1-12-6-7-14-15(2,3)9-5-10-16(14,4)13(12)8-11-17/h12-14,17H,5-11H2,1-4H3/t12-,13-,14-,16?/m0/s1. The molecule has 0 aromatic rings. The lowest BCUT2D eigenvalue weighted by molar-refractivity contribution is -0.0991. The molecule has 1 nitrogen and oxygen atoms in total. The summed E-state index contributed by atoms with van der Waals surface area (Å²) in [6.45, 7) is 10.2. The van der Waals surface area contributed by atoms with Crippen molar-refractivity contribution in [1.29, 1.82) is 0 Å². The molecule has 0 aromatic carbocycles. The highest BCUT2D eigenvalue weighted by molar-refractivity contribution is 5.02. The summed E-state index contributed by atoms with van der Waals surface area (Å²) in [6.07, 6.45) is 7.96. The first kappa shape index (κ1) is 13.4. The van der Waals surface area contributed by atoms with Gasteiger partial charge in [-0.05, 0) is 54.3 Å². The number of hydrogen-bond acceptors (Lipinski definition) is 1. The van der Waals surface area contributed by atoms with Gasteiger partial charge in [0.05, 0.1) is 0 Å².